The molecule has 1 amide bonds. The zero-order valence-electron chi connectivity index (χ0n) is 16.6. The molecule has 29 heavy (non-hydrogen) atoms. The van der Waals surface area contributed by atoms with Gasteiger partial charge in [-0.1, -0.05) is 11.6 Å². The van der Waals surface area contributed by atoms with E-state index in [-0.39, 0.29) is 17.4 Å². The van der Waals surface area contributed by atoms with E-state index in [1.54, 1.807) is 18.5 Å². The van der Waals surface area contributed by atoms with Gasteiger partial charge in [0.1, 0.15) is 5.65 Å². The molecule has 0 aliphatic rings. The summed E-state index contributed by atoms with van der Waals surface area (Å²) in [5.41, 5.74) is 1.10. The normalized spacial score (nSPS) is 12.7. The maximum Gasteiger partial charge on any atom is 0.207 e. The number of nitrogens with zero attached hydrogens (tertiary/aromatic N) is 3. The Morgan fingerprint density at radius 2 is 2.14 bits per heavy atom. The van der Waals surface area contributed by atoms with Crippen LogP contribution in [0, 0.1) is 5.82 Å². The highest BCUT2D eigenvalue weighted by Gasteiger charge is 2.18. The molecule has 154 valence electrons. The van der Waals surface area contributed by atoms with Crippen LogP contribution in [0.5, 0.6) is 0 Å². The first-order valence-corrected chi connectivity index (χ1v) is 9.80. The minimum Gasteiger partial charge on any atom is -0.365 e. The van der Waals surface area contributed by atoms with E-state index in [0.29, 0.717) is 28.5 Å². The van der Waals surface area contributed by atoms with Crippen molar-refractivity contribution in [3.05, 3.63) is 35.5 Å². The number of amides is 1. The summed E-state index contributed by atoms with van der Waals surface area (Å²) < 4.78 is 14.3. The summed E-state index contributed by atoms with van der Waals surface area (Å²) in [6.45, 7) is 5.91. The number of carbonyl (C=O) groups excluding carboxylic acids is 1. The standard InChI is InChI=1S/C20H24ClFN6O/c1-12(5-4-6-20(2,3)26-11-29)27-19-16(22)10-25-18(28-19)15-9-24-17-14(15)7-13(21)8-23-17/h7-12H,4-6H2,1-3H3,(H,23,24)(H,26,29)(H,25,27,28). The molecule has 0 saturated carbocycles. The molecule has 1 unspecified atom stereocenters. The molecule has 0 aliphatic heterocycles. The van der Waals surface area contributed by atoms with Gasteiger partial charge in [-0.3, -0.25) is 4.79 Å². The molecule has 3 aromatic heterocycles. The molecular formula is C20H24ClFN6O. The van der Waals surface area contributed by atoms with Crippen LogP contribution in [-0.4, -0.2) is 37.9 Å². The molecule has 0 bridgehead atoms. The summed E-state index contributed by atoms with van der Waals surface area (Å²) in [4.78, 5) is 26.4. The highest BCUT2D eigenvalue weighted by Crippen LogP contribution is 2.28. The van der Waals surface area contributed by atoms with Crippen LogP contribution in [0.3, 0.4) is 0 Å². The Labute approximate surface area is 173 Å². The van der Waals surface area contributed by atoms with Crippen LogP contribution in [0.4, 0.5) is 10.2 Å². The lowest BCUT2D eigenvalue weighted by molar-refractivity contribution is -0.111. The second-order valence-corrected chi connectivity index (χ2v) is 8.16. The molecular weight excluding hydrogens is 395 g/mol. The van der Waals surface area contributed by atoms with Crippen molar-refractivity contribution in [1.29, 1.82) is 0 Å². The van der Waals surface area contributed by atoms with Gasteiger partial charge in [-0.25, -0.2) is 19.3 Å². The minimum absolute atomic E-state index is 0.00152. The van der Waals surface area contributed by atoms with Crippen LogP contribution >= 0.6 is 11.6 Å². The van der Waals surface area contributed by atoms with Gasteiger partial charge in [0, 0.05) is 34.9 Å². The van der Waals surface area contributed by atoms with E-state index in [2.05, 4.69) is 30.6 Å². The van der Waals surface area contributed by atoms with Crippen LogP contribution in [0.15, 0.2) is 24.7 Å². The van der Waals surface area contributed by atoms with E-state index in [0.717, 1.165) is 30.8 Å². The predicted octanol–water partition coefficient (Wildman–Crippen LogP) is 4.31. The monoisotopic (exact) mass is 418 g/mol. The summed E-state index contributed by atoms with van der Waals surface area (Å²) in [6, 6.07) is 1.77. The van der Waals surface area contributed by atoms with Crippen molar-refractivity contribution in [3.8, 4) is 11.4 Å². The van der Waals surface area contributed by atoms with Gasteiger partial charge in [-0.15, -0.1) is 0 Å². The smallest absolute Gasteiger partial charge is 0.207 e. The topological polar surface area (TPSA) is 95.6 Å². The van der Waals surface area contributed by atoms with Gasteiger partial charge in [0.05, 0.1) is 11.2 Å². The van der Waals surface area contributed by atoms with Crippen LogP contribution < -0.4 is 10.6 Å². The van der Waals surface area contributed by atoms with Crippen molar-refractivity contribution in [1.82, 2.24) is 25.3 Å². The number of pyridine rings is 1. The van der Waals surface area contributed by atoms with Gasteiger partial charge in [0.2, 0.25) is 6.41 Å². The van der Waals surface area contributed by atoms with Crippen LogP contribution in [-0.2, 0) is 4.79 Å². The molecule has 7 nitrogen and oxygen atoms in total. The summed E-state index contributed by atoms with van der Waals surface area (Å²) in [7, 11) is 0. The Kier molecular flexibility index (Phi) is 6.32. The fraction of sp³-hybridized carbons (Fsp3) is 0.400. The molecule has 3 heterocycles. The molecule has 3 rings (SSSR count). The van der Waals surface area contributed by atoms with Gasteiger partial charge in [0.15, 0.2) is 17.5 Å². The summed E-state index contributed by atoms with van der Waals surface area (Å²) in [5.74, 6) is 0.0180. The van der Waals surface area contributed by atoms with E-state index in [9.17, 15) is 9.18 Å². The summed E-state index contributed by atoms with van der Waals surface area (Å²) >= 11 is 6.05. The van der Waals surface area contributed by atoms with Crippen LogP contribution in [0.25, 0.3) is 22.4 Å². The predicted molar refractivity (Wildman–Crippen MR) is 112 cm³/mol. The summed E-state index contributed by atoms with van der Waals surface area (Å²) in [5, 5.41) is 7.19. The molecule has 3 aromatic rings. The zero-order chi connectivity index (χ0) is 21.0. The maximum absolute atomic E-state index is 14.3. The Bertz CT molecular complexity index is 1010. The fourth-order valence-corrected chi connectivity index (χ4v) is 3.31. The van der Waals surface area contributed by atoms with Gasteiger partial charge in [-0.2, -0.15) is 0 Å². The molecule has 0 spiro atoms. The van der Waals surface area contributed by atoms with Crippen molar-refractivity contribution in [2.75, 3.05) is 5.32 Å². The third-order valence-corrected chi connectivity index (χ3v) is 4.96. The Balaban J connectivity index is 1.72. The van der Waals surface area contributed by atoms with E-state index in [1.807, 2.05) is 20.8 Å². The van der Waals surface area contributed by atoms with E-state index in [1.165, 1.54) is 0 Å². The van der Waals surface area contributed by atoms with Crippen molar-refractivity contribution in [2.45, 2.75) is 51.6 Å². The van der Waals surface area contributed by atoms with Gasteiger partial charge < -0.3 is 15.6 Å². The number of nitrogens with one attached hydrogen (secondary N) is 3. The number of hydrogen-bond acceptors (Lipinski definition) is 5. The Morgan fingerprint density at radius 3 is 2.90 bits per heavy atom. The van der Waals surface area contributed by atoms with E-state index < -0.39 is 5.82 Å². The molecule has 9 heteroatoms. The average Bonchev–Trinajstić information content (AvgIpc) is 3.06. The number of H-pyrrole nitrogens is 1. The number of anilines is 1. The highest BCUT2D eigenvalue weighted by atomic mass is 35.5. The van der Waals surface area contributed by atoms with Crippen molar-refractivity contribution >= 4 is 34.9 Å². The lowest BCUT2D eigenvalue weighted by atomic mass is 9.96. The van der Waals surface area contributed by atoms with Crippen molar-refractivity contribution in [3.63, 3.8) is 0 Å². The molecule has 0 aromatic carbocycles. The number of carbonyl (C=O) groups is 1. The average molecular weight is 419 g/mol. The number of fused-ring (bicyclic) bond motifs is 1. The summed E-state index contributed by atoms with van der Waals surface area (Å²) in [6.07, 6.45) is 7.65. The number of rotatable bonds is 9. The molecule has 3 N–H and O–H groups in total. The first-order valence-electron chi connectivity index (χ1n) is 9.42. The van der Waals surface area contributed by atoms with Crippen molar-refractivity contribution < 1.29 is 9.18 Å². The first kappa shape index (κ1) is 21.0. The lowest BCUT2D eigenvalue weighted by Gasteiger charge is -2.24. The second kappa shape index (κ2) is 8.73. The van der Waals surface area contributed by atoms with E-state index >= 15 is 0 Å². The Hall–Kier alpha value is -2.74. The van der Waals surface area contributed by atoms with Crippen LogP contribution in [0.2, 0.25) is 5.02 Å². The molecule has 0 fully saturated rings. The minimum atomic E-state index is -0.514. The molecule has 1 atom stereocenters. The van der Waals surface area contributed by atoms with Gasteiger partial charge in [-0.05, 0) is 46.1 Å². The quantitative estimate of drug-likeness (QED) is 0.450. The highest BCUT2D eigenvalue weighted by molar-refractivity contribution is 6.31. The second-order valence-electron chi connectivity index (χ2n) is 7.73. The number of hydrogen-bond donors (Lipinski definition) is 3. The number of aromatic amines is 1. The maximum atomic E-state index is 14.3. The molecule has 0 saturated heterocycles. The van der Waals surface area contributed by atoms with Crippen molar-refractivity contribution in [2.24, 2.45) is 0 Å². The number of aromatic nitrogens is 4. The molecule has 0 aliphatic carbocycles. The first-order chi connectivity index (χ1) is 13.8. The zero-order valence-corrected chi connectivity index (χ0v) is 17.3. The molecule has 0 radical (unpaired) electrons. The van der Waals surface area contributed by atoms with E-state index in [4.69, 9.17) is 11.6 Å². The third kappa shape index (κ3) is 5.20. The SMILES string of the molecule is CC(CCCC(C)(C)NC=O)Nc1nc(-c2c[nH]c3ncc(Cl)cc23)ncc1F. The lowest BCUT2D eigenvalue weighted by Crippen LogP contribution is -2.38. The Morgan fingerprint density at radius 1 is 1.34 bits per heavy atom. The van der Waals surface area contributed by atoms with Gasteiger partial charge in [0.25, 0.3) is 0 Å². The fourth-order valence-electron chi connectivity index (χ4n) is 3.15. The third-order valence-electron chi connectivity index (χ3n) is 4.75. The van der Waals surface area contributed by atoms with Crippen LogP contribution in [0.1, 0.15) is 40.0 Å². The van der Waals surface area contributed by atoms with Gasteiger partial charge >= 0.3 is 0 Å². The largest absolute Gasteiger partial charge is 0.365 e. The number of halogens is 2.